The van der Waals surface area contributed by atoms with Crippen LogP contribution in [0.25, 0.3) is 0 Å². The minimum atomic E-state index is -0.0730. The summed E-state index contributed by atoms with van der Waals surface area (Å²) < 4.78 is 17.6. The maximum Gasteiger partial charge on any atom is 0.272 e. The molecule has 2 aliphatic rings. The average Bonchev–Trinajstić information content (AvgIpc) is 3.76. The molecule has 1 aliphatic heterocycles. The standard InChI is InChI=1S/C31H36N2O5/c1-2-37-30-17-26(10-11-29(30)38-21-22-4-6-24(7-5-22)25-8-9-25)27-18-33(19-27)31(35)28-16-23(12-13-32-28)20-36-15-3-14-34/h4-7,10-13,16-17,25,27,34H,2-3,8-9,14-15,18-21H2,1H3. The molecule has 1 N–H and O–H groups in total. The lowest BCUT2D eigenvalue weighted by Crippen LogP contribution is -2.48. The fraction of sp³-hybridized carbons (Fsp3) is 0.419. The predicted molar refractivity (Wildman–Crippen MR) is 145 cm³/mol. The van der Waals surface area contributed by atoms with Gasteiger partial charge in [-0.25, -0.2) is 0 Å². The summed E-state index contributed by atoms with van der Waals surface area (Å²) in [5.74, 6) is 2.39. The van der Waals surface area contributed by atoms with Gasteiger partial charge in [-0.1, -0.05) is 30.3 Å². The van der Waals surface area contributed by atoms with Crippen molar-refractivity contribution in [1.29, 1.82) is 0 Å². The molecule has 0 unspecified atom stereocenters. The van der Waals surface area contributed by atoms with Crippen molar-refractivity contribution in [1.82, 2.24) is 9.88 Å². The Hall–Kier alpha value is -3.42. The number of rotatable bonds is 13. The summed E-state index contributed by atoms with van der Waals surface area (Å²) in [6.07, 6.45) is 4.85. The number of hydrogen-bond acceptors (Lipinski definition) is 6. The zero-order valence-electron chi connectivity index (χ0n) is 22.0. The van der Waals surface area contributed by atoms with E-state index in [0.717, 1.165) is 34.1 Å². The van der Waals surface area contributed by atoms with E-state index in [4.69, 9.17) is 19.3 Å². The highest BCUT2D eigenvalue weighted by atomic mass is 16.5. The molecule has 1 saturated heterocycles. The Kier molecular flexibility index (Phi) is 8.56. The Labute approximate surface area is 224 Å². The lowest BCUT2D eigenvalue weighted by molar-refractivity contribution is 0.0595. The third-order valence-corrected chi connectivity index (χ3v) is 7.09. The molecule has 0 bridgehead atoms. The van der Waals surface area contributed by atoms with Gasteiger partial charge in [-0.05, 0) is 78.6 Å². The molecule has 1 aliphatic carbocycles. The topological polar surface area (TPSA) is 81.1 Å². The molecule has 2 heterocycles. The smallest absolute Gasteiger partial charge is 0.272 e. The summed E-state index contributed by atoms with van der Waals surface area (Å²) >= 11 is 0. The van der Waals surface area contributed by atoms with Crippen LogP contribution in [-0.2, 0) is 18.0 Å². The summed E-state index contributed by atoms with van der Waals surface area (Å²) in [4.78, 5) is 19.1. The Balaban J connectivity index is 1.16. The molecule has 2 aromatic carbocycles. The maximum atomic E-state index is 13.0. The number of pyridine rings is 1. The van der Waals surface area contributed by atoms with Crippen LogP contribution in [-0.4, -0.2) is 53.8 Å². The first-order valence-corrected chi connectivity index (χ1v) is 13.6. The van der Waals surface area contributed by atoms with Gasteiger partial charge in [-0.2, -0.15) is 0 Å². The normalized spacial score (nSPS) is 15.3. The first kappa shape index (κ1) is 26.2. The summed E-state index contributed by atoms with van der Waals surface area (Å²) in [7, 11) is 0. The third kappa shape index (κ3) is 6.52. The Morgan fingerprint density at radius 1 is 0.921 bits per heavy atom. The molecule has 3 aromatic rings. The SMILES string of the molecule is CCOc1cc(C2CN(C(=O)c3cc(COCCCO)ccn3)C2)ccc1OCc1ccc(C2CC2)cc1. The number of hydrogen-bond donors (Lipinski definition) is 1. The molecule has 2 fully saturated rings. The number of likely N-dealkylation sites (tertiary alicyclic amines) is 1. The Morgan fingerprint density at radius 3 is 2.45 bits per heavy atom. The summed E-state index contributed by atoms with van der Waals surface area (Å²) in [6.45, 7) is 5.27. The van der Waals surface area contributed by atoms with Crippen LogP contribution in [0.5, 0.6) is 11.5 Å². The van der Waals surface area contributed by atoms with E-state index in [1.54, 1.807) is 12.3 Å². The first-order valence-electron chi connectivity index (χ1n) is 13.6. The van der Waals surface area contributed by atoms with Crippen LogP contribution in [0.15, 0.2) is 60.8 Å². The fourth-order valence-electron chi connectivity index (χ4n) is 4.68. The number of nitrogens with zero attached hydrogens (tertiary/aromatic N) is 2. The molecule has 7 nitrogen and oxygen atoms in total. The monoisotopic (exact) mass is 516 g/mol. The molecule has 1 amide bonds. The van der Waals surface area contributed by atoms with Gasteiger partial charge in [0, 0.05) is 38.4 Å². The zero-order valence-corrected chi connectivity index (χ0v) is 22.0. The number of carbonyl (C=O) groups is 1. The maximum absolute atomic E-state index is 13.0. The number of benzene rings is 2. The van der Waals surface area contributed by atoms with Crippen molar-refractivity contribution in [3.63, 3.8) is 0 Å². The summed E-state index contributed by atoms with van der Waals surface area (Å²) in [5, 5.41) is 8.87. The molecule has 0 atom stereocenters. The van der Waals surface area contributed by atoms with Gasteiger partial charge in [-0.15, -0.1) is 0 Å². The van der Waals surface area contributed by atoms with Crippen LogP contribution in [0, 0.1) is 0 Å². The molecule has 38 heavy (non-hydrogen) atoms. The quantitative estimate of drug-likeness (QED) is 0.319. The first-order chi connectivity index (χ1) is 18.6. The largest absolute Gasteiger partial charge is 0.490 e. The van der Waals surface area contributed by atoms with Gasteiger partial charge in [0.2, 0.25) is 0 Å². The highest BCUT2D eigenvalue weighted by Gasteiger charge is 2.33. The van der Waals surface area contributed by atoms with E-state index in [2.05, 4.69) is 35.3 Å². The van der Waals surface area contributed by atoms with Crippen LogP contribution < -0.4 is 9.47 Å². The minimum Gasteiger partial charge on any atom is -0.490 e. The minimum absolute atomic E-state index is 0.0730. The van der Waals surface area contributed by atoms with Crippen molar-refractivity contribution >= 4 is 5.91 Å². The molecule has 1 saturated carbocycles. The average molecular weight is 517 g/mol. The van der Waals surface area contributed by atoms with Crippen LogP contribution in [0.1, 0.15) is 70.8 Å². The van der Waals surface area contributed by atoms with Crippen LogP contribution >= 0.6 is 0 Å². The highest BCUT2D eigenvalue weighted by Crippen LogP contribution is 2.40. The second-order valence-corrected chi connectivity index (χ2v) is 10.0. The van der Waals surface area contributed by atoms with Crippen molar-refractivity contribution in [2.75, 3.05) is 32.9 Å². The lowest BCUT2D eigenvalue weighted by Gasteiger charge is -2.39. The van der Waals surface area contributed by atoms with Crippen molar-refractivity contribution in [2.24, 2.45) is 0 Å². The van der Waals surface area contributed by atoms with E-state index in [9.17, 15) is 4.79 Å². The van der Waals surface area contributed by atoms with Crippen molar-refractivity contribution in [2.45, 2.75) is 51.2 Å². The highest BCUT2D eigenvalue weighted by molar-refractivity contribution is 5.93. The fourth-order valence-corrected chi connectivity index (χ4v) is 4.68. The molecule has 200 valence electrons. The molecule has 0 radical (unpaired) electrons. The van der Waals surface area contributed by atoms with Crippen molar-refractivity contribution in [3.05, 3.63) is 88.7 Å². The van der Waals surface area contributed by atoms with Gasteiger partial charge in [0.05, 0.1) is 13.2 Å². The van der Waals surface area contributed by atoms with Gasteiger partial charge >= 0.3 is 0 Å². The number of amides is 1. The number of carbonyl (C=O) groups excluding carboxylic acids is 1. The Morgan fingerprint density at radius 2 is 1.71 bits per heavy atom. The molecule has 1 aromatic heterocycles. The van der Waals surface area contributed by atoms with Gasteiger partial charge < -0.3 is 24.2 Å². The van der Waals surface area contributed by atoms with E-state index < -0.39 is 0 Å². The lowest BCUT2D eigenvalue weighted by atomic mass is 9.91. The molecule has 7 heteroatoms. The summed E-state index contributed by atoms with van der Waals surface area (Å²) in [5.41, 5.74) is 5.03. The van der Waals surface area contributed by atoms with Crippen molar-refractivity contribution in [3.8, 4) is 11.5 Å². The van der Waals surface area contributed by atoms with E-state index in [1.165, 1.54) is 18.4 Å². The number of aromatic nitrogens is 1. The second kappa shape index (κ2) is 12.4. The number of aliphatic hydroxyl groups is 1. The molecule has 5 rings (SSSR count). The van der Waals surface area contributed by atoms with E-state index in [1.807, 2.05) is 30.0 Å². The van der Waals surface area contributed by atoms with E-state index >= 15 is 0 Å². The van der Waals surface area contributed by atoms with Gasteiger partial charge in [0.25, 0.3) is 5.91 Å². The predicted octanol–water partition coefficient (Wildman–Crippen LogP) is 5.08. The molecular formula is C31H36N2O5. The van der Waals surface area contributed by atoms with E-state index in [-0.39, 0.29) is 18.4 Å². The van der Waals surface area contributed by atoms with Crippen molar-refractivity contribution < 1.29 is 24.1 Å². The van der Waals surface area contributed by atoms with Gasteiger partial charge in [-0.3, -0.25) is 9.78 Å². The van der Waals surface area contributed by atoms with Crippen LogP contribution in [0.2, 0.25) is 0 Å². The number of aliphatic hydroxyl groups excluding tert-OH is 1. The van der Waals surface area contributed by atoms with Crippen LogP contribution in [0.3, 0.4) is 0 Å². The zero-order chi connectivity index (χ0) is 26.3. The molecule has 0 spiro atoms. The second-order valence-electron chi connectivity index (χ2n) is 10.0. The Bertz CT molecular complexity index is 1220. The third-order valence-electron chi connectivity index (χ3n) is 7.09. The molecular weight excluding hydrogens is 480 g/mol. The summed E-state index contributed by atoms with van der Waals surface area (Å²) in [6, 6.07) is 18.5. The van der Waals surface area contributed by atoms with Crippen LogP contribution in [0.4, 0.5) is 0 Å². The van der Waals surface area contributed by atoms with Gasteiger partial charge in [0.15, 0.2) is 11.5 Å². The number of ether oxygens (including phenoxy) is 3. The van der Waals surface area contributed by atoms with Gasteiger partial charge in [0.1, 0.15) is 12.3 Å². The van der Waals surface area contributed by atoms with E-state index in [0.29, 0.717) is 51.6 Å².